The molecule has 0 radical (unpaired) electrons. The molecular formula is C21H22N6O. The highest BCUT2D eigenvalue weighted by Gasteiger charge is 2.25. The van der Waals surface area contributed by atoms with Crippen LogP contribution in [0.3, 0.4) is 0 Å². The second kappa shape index (κ2) is 8.47. The van der Waals surface area contributed by atoms with Crippen LogP contribution in [-0.2, 0) is 4.79 Å². The van der Waals surface area contributed by atoms with Crippen molar-refractivity contribution < 1.29 is 4.79 Å². The molecule has 1 aliphatic heterocycles. The SMILES string of the molecule is O=C(CNc1cccnc1)NC1CCN(c2nccc(-c3ccccc3)n2)C1. The van der Waals surface area contributed by atoms with Crippen LogP contribution in [-0.4, -0.2) is 46.5 Å². The van der Waals surface area contributed by atoms with Crippen LogP contribution in [0.15, 0.2) is 67.1 Å². The number of pyridine rings is 1. The number of aromatic nitrogens is 3. The van der Waals surface area contributed by atoms with Gasteiger partial charge in [-0.1, -0.05) is 30.3 Å². The van der Waals surface area contributed by atoms with Gasteiger partial charge in [-0.3, -0.25) is 9.78 Å². The molecule has 1 aromatic carbocycles. The van der Waals surface area contributed by atoms with Gasteiger partial charge in [-0.05, 0) is 24.6 Å². The van der Waals surface area contributed by atoms with Crippen molar-refractivity contribution in [3.63, 3.8) is 0 Å². The van der Waals surface area contributed by atoms with Crippen molar-refractivity contribution in [2.45, 2.75) is 12.5 Å². The topological polar surface area (TPSA) is 83.0 Å². The normalized spacial score (nSPS) is 16.0. The third-order valence-corrected chi connectivity index (χ3v) is 4.66. The zero-order chi connectivity index (χ0) is 19.2. The highest BCUT2D eigenvalue weighted by Crippen LogP contribution is 2.21. The molecule has 1 aliphatic rings. The molecule has 7 nitrogen and oxygen atoms in total. The van der Waals surface area contributed by atoms with Crippen LogP contribution >= 0.6 is 0 Å². The summed E-state index contributed by atoms with van der Waals surface area (Å²) < 4.78 is 0. The van der Waals surface area contributed by atoms with Crippen LogP contribution in [0.25, 0.3) is 11.3 Å². The van der Waals surface area contributed by atoms with E-state index in [0.717, 1.165) is 29.9 Å². The van der Waals surface area contributed by atoms with Gasteiger partial charge in [0.2, 0.25) is 11.9 Å². The lowest BCUT2D eigenvalue weighted by atomic mass is 10.1. The molecule has 0 spiro atoms. The fourth-order valence-electron chi connectivity index (χ4n) is 3.26. The molecule has 142 valence electrons. The monoisotopic (exact) mass is 374 g/mol. The van der Waals surface area contributed by atoms with Gasteiger partial charge in [-0.15, -0.1) is 0 Å². The maximum absolute atomic E-state index is 12.2. The average molecular weight is 374 g/mol. The van der Waals surface area contributed by atoms with E-state index in [1.165, 1.54) is 0 Å². The summed E-state index contributed by atoms with van der Waals surface area (Å²) >= 11 is 0. The van der Waals surface area contributed by atoms with Gasteiger partial charge in [0.1, 0.15) is 0 Å². The lowest BCUT2D eigenvalue weighted by Gasteiger charge is -2.17. The smallest absolute Gasteiger partial charge is 0.239 e. The molecule has 28 heavy (non-hydrogen) atoms. The quantitative estimate of drug-likeness (QED) is 0.689. The van der Waals surface area contributed by atoms with Gasteiger partial charge < -0.3 is 15.5 Å². The van der Waals surface area contributed by atoms with Gasteiger partial charge in [0.15, 0.2) is 0 Å². The maximum atomic E-state index is 12.2. The van der Waals surface area contributed by atoms with Crippen molar-refractivity contribution in [1.29, 1.82) is 0 Å². The van der Waals surface area contributed by atoms with Gasteiger partial charge in [0, 0.05) is 43.3 Å². The number of rotatable bonds is 6. The van der Waals surface area contributed by atoms with Crippen molar-refractivity contribution in [1.82, 2.24) is 20.3 Å². The Hall–Kier alpha value is -3.48. The Labute approximate surface area is 163 Å². The molecular weight excluding hydrogens is 352 g/mol. The van der Waals surface area contributed by atoms with E-state index in [9.17, 15) is 4.79 Å². The van der Waals surface area contributed by atoms with Crippen molar-refractivity contribution in [3.05, 3.63) is 67.1 Å². The summed E-state index contributed by atoms with van der Waals surface area (Å²) in [7, 11) is 0. The van der Waals surface area contributed by atoms with Gasteiger partial charge in [0.25, 0.3) is 0 Å². The summed E-state index contributed by atoms with van der Waals surface area (Å²) in [6.07, 6.45) is 6.06. The summed E-state index contributed by atoms with van der Waals surface area (Å²) in [5, 5.41) is 6.15. The van der Waals surface area contributed by atoms with Crippen molar-refractivity contribution in [3.8, 4) is 11.3 Å². The number of benzene rings is 1. The lowest BCUT2D eigenvalue weighted by molar-refractivity contribution is -0.119. The zero-order valence-electron chi connectivity index (χ0n) is 15.5. The average Bonchev–Trinajstić information content (AvgIpc) is 3.22. The zero-order valence-corrected chi connectivity index (χ0v) is 15.5. The molecule has 1 unspecified atom stereocenters. The molecule has 2 N–H and O–H groups in total. The second-order valence-electron chi connectivity index (χ2n) is 6.70. The fraction of sp³-hybridized carbons (Fsp3) is 0.238. The number of carbonyl (C=O) groups excluding carboxylic acids is 1. The molecule has 0 aliphatic carbocycles. The molecule has 7 heteroatoms. The molecule has 1 fully saturated rings. The number of nitrogens with zero attached hydrogens (tertiary/aromatic N) is 4. The minimum atomic E-state index is -0.0327. The predicted molar refractivity (Wildman–Crippen MR) is 109 cm³/mol. The summed E-state index contributed by atoms with van der Waals surface area (Å²) in [6.45, 7) is 1.75. The Morgan fingerprint density at radius 2 is 2.00 bits per heavy atom. The van der Waals surface area contributed by atoms with Crippen LogP contribution in [0.4, 0.5) is 11.6 Å². The first-order valence-corrected chi connectivity index (χ1v) is 9.34. The Morgan fingerprint density at radius 3 is 2.82 bits per heavy atom. The number of hydrogen-bond acceptors (Lipinski definition) is 6. The van der Waals surface area contributed by atoms with E-state index < -0.39 is 0 Å². The maximum Gasteiger partial charge on any atom is 0.239 e. The lowest BCUT2D eigenvalue weighted by Crippen LogP contribution is -2.40. The van der Waals surface area contributed by atoms with Crippen LogP contribution in [0, 0.1) is 0 Å². The first kappa shape index (κ1) is 17.9. The second-order valence-corrected chi connectivity index (χ2v) is 6.70. The molecule has 2 aromatic heterocycles. The Kier molecular flexibility index (Phi) is 5.42. The number of nitrogens with one attached hydrogen (secondary N) is 2. The number of amides is 1. The van der Waals surface area contributed by atoms with Gasteiger partial charge in [-0.25, -0.2) is 9.97 Å². The first-order chi connectivity index (χ1) is 13.8. The number of hydrogen-bond donors (Lipinski definition) is 2. The van der Waals surface area contributed by atoms with Crippen LogP contribution < -0.4 is 15.5 Å². The third kappa shape index (κ3) is 4.43. The summed E-state index contributed by atoms with van der Waals surface area (Å²) in [5.74, 6) is 0.668. The largest absolute Gasteiger partial charge is 0.375 e. The molecule has 1 amide bonds. The first-order valence-electron chi connectivity index (χ1n) is 9.34. The Bertz CT molecular complexity index is 918. The molecule has 4 rings (SSSR count). The number of anilines is 2. The summed E-state index contributed by atoms with van der Waals surface area (Å²) in [4.78, 5) is 27.5. The van der Waals surface area contributed by atoms with Crippen molar-refractivity contribution in [2.24, 2.45) is 0 Å². The van der Waals surface area contributed by atoms with E-state index in [0.29, 0.717) is 12.5 Å². The fourth-order valence-corrected chi connectivity index (χ4v) is 3.26. The third-order valence-electron chi connectivity index (χ3n) is 4.66. The highest BCUT2D eigenvalue weighted by molar-refractivity contribution is 5.81. The molecule has 1 saturated heterocycles. The van der Waals surface area contributed by atoms with E-state index in [1.54, 1.807) is 18.6 Å². The van der Waals surface area contributed by atoms with Crippen molar-refractivity contribution >= 4 is 17.5 Å². The molecule has 0 bridgehead atoms. The van der Waals surface area contributed by atoms with E-state index >= 15 is 0 Å². The minimum Gasteiger partial charge on any atom is -0.375 e. The van der Waals surface area contributed by atoms with Crippen LogP contribution in [0.2, 0.25) is 0 Å². The standard InChI is InChI=1S/C21H22N6O/c28-20(14-24-17-7-4-10-22-13-17)25-18-9-12-27(15-18)21-23-11-8-19(26-21)16-5-2-1-3-6-16/h1-8,10-11,13,18,24H,9,12,14-15H2,(H,25,28). The molecule has 0 saturated carbocycles. The van der Waals surface area contributed by atoms with Gasteiger partial charge in [0.05, 0.1) is 17.9 Å². The van der Waals surface area contributed by atoms with E-state index in [-0.39, 0.29) is 18.5 Å². The Morgan fingerprint density at radius 1 is 1.11 bits per heavy atom. The van der Waals surface area contributed by atoms with Gasteiger partial charge in [-0.2, -0.15) is 0 Å². The molecule has 3 heterocycles. The minimum absolute atomic E-state index is 0.0327. The Balaban J connectivity index is 1.32. The van der Waals surface area contributed by atoms with E-state index in [4.69, 9.17) is 4.98 Å². The summed E-state index contributed by atoms with van der Waals surface area (Å²) in [6, 6.07) is 15.8. The van der Waals surface area contributed by atoms with Crippen LogP contribution in [0.5, 0.6) is 0 Å². The summed E-state index contributed by atoms with van der Waals surface area (Å²) in [5.41, 5.74) is 2.80. The number of carbonyl (C=O) groups is 1. The van der Waals surface area contributed by atoms with Crippen LogP contribution in [0.1, 0.15) is 6.42 Å². The highest BCUT2D eigenvalue weighted by atomic mass is 16.2. The molecule has 3 aromatic rings. The van der Waals surface area contributed by atoms with Crippen molar-refractivity contribution in [2.75, 3.05) is 29.9 Å². The van der Waals surface area contributed by atoms with E-state index in [2.05, 4.69) is 25.5 Å². The molecule has 1 atom stereocenters. The van der Waals surface area contributed by atoms with Gasteiger partial charge >= 0.3 is 0 Å². The van der Waals surface area contributed by atoms with E-state index in [1.807, 2.05) is 48.5 Å². The predicted octanol–water partition coefficient (Wildman–Crippen LogP) is 2.35.